The second-order valence-corrected chi connectivity index (χ2v) is 6.96. The van der Waals surface area contributed by atoms with Crippen molar-refractivity contribution < 1.29 is 9.59 Å². The van der Waals surface area contributed by atoms with E-state index in [4.69, 9.17) is 0 Å². The minimum Gasteiger partial charge on any atom is -0.331 e. The smallest absolute Gasteiger partial charge is 0.247 e. The zero-order chi connectivity index (χ0) is 17.6. The molecule has 1 aromatic carbocycles. The lowest BCUT2D eigenvalue weighted by Gasteiger charge is -2.24. The highest BCUT2D eigenvalue weighted by Gasteiger charge is 2.33. The molecule has 3 rings (SSSR count). The average molecular weight is 358 g/mol. The highest BCUT2D eigenvalue weighted by Crippen LogP contribution is 2.21. The Morgan fingerprint density at radius 2 is 2.24 bits per heavy atom. The molecule has 1 atom stereocenters. The number of hydrogen-bond donors (Lipinski definition) is 1. The Morgan fingerprint density at radius 1 is 1.36 bits per heavy atom. The Labute approximate surface area is 151 Å². The Kier molecular flexibility index (Phi) is 5.75. The molecule has 1 fully saturated rings. The van der Waals surface area contributed by atoms with Crippen molar-refractivity contribution >= 4 is 29.3 Å². The van der Waals surface area contributed by atoms with E-state index in [9.17, 15) is 9.59 Å². The topological polar surface area (TPSA) is 67.2 Å². The van der Waals surface area contributed by atoms with Crippen LogP contribution in [0.4, 0.5) is 5.69 Å². The van der Waals surface area contributed by atoms with Crippen LogP contribution >= 0.6 is 11.8 Å². The van der Waals surface area contributed by atoms with Crippen LogP contribution in [0.1, 0.15) is 19.3 Å². The first-order valence-corrected chi connectivity index (χ1v) is 9.78. The van der Waals surface area contributed by atoms with E-state index in [0.29, 0.717) is 18.7 Å². The molecule has 0 saturated carbocycles. The van der Waals surface area contributed by atoms with Crippen molar-refractivity contribution in [2.45, 2.75) is 25.3 Å². The van der Waals surface area contributed by atoms with Crippen LogP contribution in [-0.4, -0.2) is 51.1 Å². The number of aromatic nitrogens is 2. The number of hydrogen-bond acceptors (Lipinski definition) is 4. The van der Waals surface area contributed by atoms with E-state index in [1.54, 1.807) is 27.5 Å². The van der Waals surface area contributed by atoms with Gasteiger partial charge in [-0.2, -0.15) is 16.9 Å². The average Bonchev–Trinajstić information content (AvgIpc) is 3.31. The van der Waals surface area contributed by atoms with Gasteiger partial charge in [0.05, 0.1) is 5.69 Å². The zero-order valence-corrected chi connectivity index (χ0v) is 15.0. The van der Waals surface area contributed by atoms with Crippen LogP contribution in [0, 0.1) is 0 Å². The summed E-state index contributed by atoms with van der Waals surface area (Å²) in [6.07, 6.45) is 7.62. The maximum absolute atomic E-state index is 12.7. The number of anilines is 1. The fourth-order valence-electron chi connectivity index (χ4n) is 3.04. The molecule has 2 heterocycles. The first-order valence-electron chi connectivity index (χ1n) is 8.38. The quantitative estimate of drug-likeness (QED) is 0.862. The molecule has 0 radical (unpaired) electrons. The predicted octanol–water partition coefficient (Wildman–Crippen LogP) is 2.55. The zero-order valence-electron chi connectivity index (χ0n) is 14.2. The lowest BCUT2D eigenvalue weighted by Crippen LogP contribution is -2.43. The molecule has 1 N–H and O–H groups in total. The van der Waals surface area contributed by atoms with E-state index in [1.165, 1.54) is 0 Å². The molecule has 7 heteroatoms. The Hall–Kier alpha value is -2.28. The van der Waals surface area contributed by atoms with E-state index in [0.717, 1.165) is 24.3 Å². The van der Waals surface area contributed by atoms with Gasteiger partial charge in [0.15, 0.2) is 0 Å². The van der Waals surface area contributed by atoms with Crippen molar-refractivity contribution in [2.24, 2.45) is 0 Å². The summed E-state index contributed by atoms with van der Waals surface area (Å²) in [5, 5.41) is 7.15. The standard InChI is InChI=1S/C18H22N4O2S/c1-25-12-8-17(23)21-10-3-7-16(21)18(24)20-14-5-2-6-15(13-14)22-11-4-9-19-22/h2,4-6,9,11,13,16H,3,7-8,10,12H2,1H3,(H,20,24)/t16-/m0/s1. The van der Waals surface area contributed by atoms with Gasteiger partial charge in [0.1, 0.15) is 6.04 Å². The summed E-state index contributed by atoms with van der Waals surface area (Å²) in [4.78, 5) is 26.7. The monoisotopic (exact) mass is 358 g/mol. The SMILES string of the molecule is CSCCC(=O)N1CCC[C@H]1C(=O)Nc1cccc(-n2cccn2)c1. The molecule has 0 unspecified atom stereocenters. The van der Waals surface area contributed by atoms with E-state index < -0.39 is 0 Å². The second-order valence-electron chi connectivity index (χ2n) is 5.98. The summed E-state index contributed by atoms with van der Waals surface area (Å²) in [5.41, 5.74) is 1.59. The van der Waals surface area contributed by atoms with Gasteiger partial charge in [-0.25, -0.2) is 4.68 Å². The Morgan fingerprint density at radius 3 is 3.00 bits per heavy atom. The van der Waals surface area contributed by atoms with Gasteiger partial charge in [-0.15, -0.1) is 0 Å². The van der Waals surface area contributed by atoms with Crippen molar-refractivity contribution in [3.8, 4) is 5.69 Å². The first-order chi connectivity index (χ1) is 12.2. The number of carbonyl (C=O) groups is 2. The van der Waals surface area contributed by atoms with Gasteiger partial charge in [0.2, 0.25) is 11.8 Å². The predicted molar refractivity (Wildman–Crippen MR) is 99.9 cm³/mol. The van der Waals surface area contributed by atoms with Gasteiger partial charge in [-0.05, 0) is 43.4 Å². The molecule has 2 aromatic rings. The van der Waals surface area contributed by atoms with E-state index in [2.05, 4.69) is 10.4 Å². The van der Waals surface area contributed by atoms with E-state index in [1.807, 2.05) is 42.8 Å². The highest BCUT2D eigenvalue weighted by molar-refractivity contribution is 7.98. The third kappa shape index (κ3) is 4.22. The van der Waals surface area contributed by atoms with Crippen LogP contribution in [0.3, 0.4) is 0 Å². The molecular formula is C18H22N4O2S. The first kappa shape index (κ1) is 17.5. The summed E-state index contributed by atoms with van der Waals surface area (Å²) in [6.45, 7) is 0.665. The minimum absolute atomic E-state index is 0.0669. The van der Waals surface area contributed by atoms with Crippen molar-refractivity contribution in [1.82, 2.24) is 14.7 Å². The number of nitrogens with one attached hydrogen (secondary N) is 1. The molecule has 132 valence electrons. The van der Waals surface area contributed by atoms with E-state index >= 15 is 0 Å². The summed E-state index contributed by atoms with van der Waals surface area (Å²) in [5.74, 6) is 0.736. The van der Waals surface area contributed by atoms with Gasteiger partial charge < -0.3 is 10.2 Å². The normalized spacial score (nSPS) is 16.8. The van der Waals surface area contributed by atoms with Gasteiger partial charge in [-0.3, -0.25) is 9.59 Å². The maximum Gasteiger partial charge on any atom is 0.247 e. The van der Waals surface area contributed by atoms with Crippen LogP contribution < -0.4 is 5.32 Å². The number of likely N-dealkylation sites (tertiary alicyclic amines) is 1. The summed E-state index contributed by atoms with van der Waals surface area (Å²) < 4.78 is 1.74. The van der Waals surface area contributed by atoms with Gasteiger partial charge in [0.25, 0.3) is 0 Å². The van der Waals surface area contributed by atoms with Crippen LogP contribution in [-0.2, 0) is 9.59 Å². The van der Waals surface area contributed by atoms with Crippen molar-refractivity contribution in [3.05, 3.63) is 42.7 Å². The Balaban J connectivity index is 1.67. The van der Waals surface area contributed by atoms with Gasteiger partial charge in [0, 0.05) is 36.8 Å². The number of rotatable bonds is 6. The largest absolute Gasteiger partial charge is 0.331 e. The number of nitrogens with zero attached hydrogens (tertiary/aromatic N) is 3. The molecule has 25 heavy (non-hydrogen) atoms. The van der Waals surface area contributed by atoms with Crippen LogP contribution in [0.15, 0.2) is 42.7 Å². The molecule has 1 saturated heterocycles. The molecule has 6 nitrogen and oxygen atoms in total. The number of benzene rings is 1. The maximum atomic E-state index is 12.7. The highest BCUT2D eigenvalue weighted by atomic mass is 32.2. The summed E-state index contributed by atoms with van der Waals surface area (Å²) >= 11 is 1.64. The molecule has 1 aliphatic rings. The molecule has 0 aliphatic carbocycles. The minimum atomic E-state index is -0.372. The molecule has 1 aliphatic heterocycles. The molecule has 1 aromatic heterocycles. The Bertz CT molecular complexity index is 732. The lowest BCUT2D eigenvalue weighted by atomic mass is 10.2. The summed E-state index contributed by atoms with van der Waals surface area (Å²) in [6, 6.07) is 9.00. The molecule has 2 amide bonds. The van der Waals surface area contributed by atoms with Crippen molar-refractivity contribution in [3.63, 3.8) is 0 Å². The molecule has 0 bridgehead atoms. The molecular weight excluding hydrogens is 336 g/mol. The third-order valence-corrected chi connectivity index (χ3v) is 4.89. The number of carbonyl (C=O) groups excluding carboxylic acids is 2. The van der Waals surface area contributed by atoms with Crippen molar-refractivity contribution in [2.75, 3.05) is 23.9 Å². The van der Waals surface area contributed by atoms with Crippen LogP contribution in [0.5, 0.6) is 0 Å². The van der Waals surface area contributed by atoms with Gasteiger partial charge in [-0.1, -0.05) is 6.07 Å². The van der Waals surface area contributed by atoms with E-state index in [-0.39, 0.29) is 17.9 Å². The molecule has 0 spiro atoms. The number of thioether (sulfide) groups is 1. The van der Waals surface area contributed by atoms with Crippen LogP contribution in [0.2, 0.25) is 0 Å². The van der Waals surface area contributed by atoms with Crippen LogP contribution in [0.25, 0.3) is 5.69 Å². The van der Waals surface area contributed by atoms with Gasteiger partial charge >= 0.3 is 0 Å². The second kappa shape index (κ2) is 8.20. The fourth-order valence-corrected chi connectivity index (χ4v) is 3.42. The number of amides is 2. The lowest BCUT2D eigenvalue weighted by molar-refractivity contribution is -0.136. The van der Waals surface area contributed by atoms with Crippen molar-refractivity contribution in [1.29, 1.82) is 0 Å². The fraction of sp³-hybridized carbons (Fsp3) is 0.389. The summed E-state index contributed by atoms with van der Waals surface area (Å²) in [7, 11) is 0. The third-order valence-electron chi connectivity index (χ3n) is 4.28.